The summed E-state index contributed by atoms with van der Waals surface area (Å²) in [4.78, 5) is 10.8. The zero-order valence-corrected chi connectivity index (χ0v) is 10.0. The summed E-state index contributed by atoms with van der Waals surface area (Å²) >= 11 is 0. The van der Waals surface area contributed by atoms with Crippen LogP contribution >= 0.6 is 0 Å². The summed E-state index contributed by atoms with van der Waals surface area (Å²) in [6, 6.07) is 6.01. The zero-order chi connectivity index (χ0) is 12.2. The predicted octanol–water partition coefficient (Wildman–Crippen LogP) is 1.45. The number of aldehydes is 1. The molecule has 4 nitrogen and oxygen atoms in total. The van der Waals surface area contributed by atoms with E-state index >= 15 is 0 Å². The van der Waals surface area contributed by atoms with E-state index < -0.39 is 15.9 Å². The van der Waals surface area contributed by atoms with Gasteiger partial charge in [-0.1, -0.05) is 6.92 Å². The standard InChI is InChI=1S/C11H14O4S/c1-3-9(8-12)15-10-4-6-11(7-5-10)16(2,13)14/h4-9H,3H2,1-2H3. The highest BCUT2D eigenvalue weighted by Gasteiger charge is 2.09. The number of sulfone groups is 1. The Hall–Kier alpha value is -1.36. The fourth-order valence-corrected chi connectivity index (χ4v) is 1.78. The van der Waals surface area contributed by atoms with E-state index in [9.17, 15) is 13.2 Å². The lowest BCUT2D eigenvalue weighted by Gasteiger charge is -2.11. The third kappa shape index (κ3) is 3.34. The van der Waals surface area contributed by atoms with Gasteiger partial charge in [-0.2, -0.15) is 0 Å². The van der Waals surface area contributed by atoms with Crippen molar-refractivity contribution >= 4 is 16.1 Å². The number of rotatable bonds is 5. The number of benzene rings is 1. The zero-order valence-electron chi connectivity index (χ0n) is 9.21. The number of hydrogen-bond acceptors (Lipinski definition) is 4. The Morgan fingerprint density at radius 1 is 1.31 bits per heavy atom. The molecule has 0 radical (unpaired) electrons. The van der Waals surface area contributed by atoms with E-state index in [-0.39, 0.29) is 4.90 Å². The van der Waals surface area contributed by atoms with Crippen LogP contribution in [0.2, 0.25) is 0 Å². The average Bonchev–Trinajstić information content (AvgIpc) is 2.25. The monoisotopic (exact) mass is 242 g/mol. The summed E-state index contributed by atoms with van der Waals surface area (Å²) in [6.07, 6.45) is 1.97. The first-order valence-electron chi connectivity index (χ1n) is 4.89. The van der Waals surface area contributed by atoms with Gasteiger partial charge in [0, 0.05) is 6.26 Å². The molecule has 0 aliphatic carbocycles. The van der Waals surface area contributed by atoms with E-state index in [2.05, 4.69) is 0 Å². The third-order valence-corrected chi connectivity index (χ3v) is 3.22. The van der Waals surface area contributed by atoms with Crippen LogP contribution in [0.1, 0.15) is 13.3 Å². The van der Waals surface area contributed by atoms with Crippen molar-refractivity contribution in [2.24, 2.45) is 0 Å². The van der Waals surface area contributed by atoms with Crippen molar-refractivity contribution in [3.05, 3.63) is 24.3 Å². The van der Waals surface area contributed by atoms with E-state index in [4.69, 9.17) is 4.74 Å². The van der Waals surface area contributed by atoms with Crippen LogP contribution in [-0.2, 0) is 14.6 Å². The molecule has 0 saturated heterocycles. The van der Waals surface area contributed by atoms with Gasteiger partial charge in [-0.25, -0.2) is 8.42 Å². The Morgan fingerprint density at radius 2 is 1.88 bits per heavy atom. The second-order valence-corrected chi connectivity index (χ2v) is 5.46. The molecule has 0 aliphatic rings. The maximum absolute atomic E-state index is 11.2. The van der Waals surface area contributed by atoms with Crippen molar-refractivity contribution in [3.63, 3.8) is 0 Å². The first-order valence-corrected chi connectivity index (χ1v) is 6.78. The van der Waals surface area contributed by atoms with Crippen LogP contribution in [0, 0.1) is 0 Å². The Balaban J connectivity index is 2.83. The van der Waals surface area contributed by atoms with E-state index in [0.717, 1.165) is 12.5 Å². The molecule has 0 heterocycles. The minimum Gasteiger partial charge on any atom is -0.483 e. The molecule has 0 saturated carbocycles. The van der Waals surface area contributed by atoms with Gasteiger partial charge < -0.3 is 4.74 Å². The molecule has 0 N–H and O–H groups in total. The minimum absolute atomic E-state index is 0.235. The first kappa shape index (κ1) is 12.7. The summed E-state index contributed by atoms with van der Waals surface area (Å²) in [7, 11) is -3.18. The van der Waals surface area contributed by atoms with E-state index in [1.54, 1.807) is 12.1 Å². The fraction of sp³-hybridized carbons (Fsp3) is 0.364. The van der Waals surface area contributed by atoms with Crippen LogP contribution in [0.4, 0.5) is 0 Å². The van der Waals surface area contributed by atoms with Gasteiger partial charge in [0.1, 0.15) is 5.75 Å². The highest BCUT2D eigenvalue weighted by atomic mass is 32.2. The molecular weight excluding hydrogens is 228 g/mol. The lowest BCUT2D eigenvalue weighted by atomic mass is 10.3. The molecule has 1 aromatic rings. The van der Waals surface area contributed by atoms with Crippen LogP contribution < -0.4 is 4.74 Å². The molecule has 0 aromatic heterocycles. The molecule has 16 heavy (non-hydrogen) atoms. The Kier molecular flexibility index (Phi) is 4.06. The Labute approximate surface area is 95.2 Å². The maximum atomic E-state index is 11.2. The second-order valence-electron chi connectivity index (χ2n) is 3.44. The van der Waals surface area contributed by atoms with Crippen molar-refractivity contribution in [2.45, 2.75) is 24.3 Å². The summed E-state index contributed by atoms with van der Waals surface area (Å²) in [5.74, 6) is 0.492. The topological polar surface area (TPSA) is 60.4 Å². The molecule has 0 fully saturated rings. The van der Waals surface area contributed by atoms with Gasteiger partial charge in [-0.3, -0.25) is 4.79 Å². The number of hydrogen-bond donors (Lipinski definition) is 0. The van der Waals surface area contributed by atoms with Crippen LogP contribution in [0.25, 0.3) is 0 Å². The molecule has 0 amide bonds. The SMILES string of the molecule is CCC(C=O)Oc1ccc(S(C)(=O)=O)cc1. The molecule has 0 aliphatic heterocycles. The van der Waals surface area contributed by atoms with Gasteiger partial charge >= 0.3 is 0 Å². The van der Waals surface area contributed by atoms with Gasteiger partial charge in [0.15, 0.2) is 22.2 Å². The predicted molar refractivity (Wildman–Crippen MR) is 60.3 cm³/mol. The molecule has 1 rings (SSSR count). The summed E-state index contributed by atoms with van der Waals surface area (Å²) in [6.45, 7) is 1.84. The van der Waals surface area contributed by atoms with Crippen LogP contribution in [0.15, 0.2) is 29.2 Å². The molecule has 88 valence electrons. The van der Waals surface area contributed by atoms with Gasteiger partial charge in [0.05, 0.1) is 4.90 Å². The fourth-order valence-electron chi connectivity index (χ4n) is 1.15. The van der Waals surface area contributed by atoms with Crippen molar-refractivity contribution in [1.82, 2.24) is 0 Å². The van der Waals surface area contributed by atoms with E-state index in [1.165, 1.54) is 12.1 Å². The number of carbonyl (C=O) groups excluding carboxylic acids is 1. The highest BCUT2D eigenvalue weighted by molar-refractivity contribution is 7.90. The summed E-state index contributed by atoms with van der Waals surface area (Å²) < 4.78 is 27.7. The smallest absolute Gasteiger partial charge is 0.175 e. The van der Waals surface area contributed by atoms with Crippen molar-refractivity contribution in [3.8, 4) is 5.75 Å². The van der Waals surface area contributed by atoms with Crippen LogP contribution in [-0.4, -0.2) is 27.1 Å². The van der Waals surface area contributed by atoms with Gasteiger partial charge in [0.2, 0.25) is 0 Å². The lowest BCUT2D eigenvalue weighted by Crippen LogP contribution is -2.16. The largest absolute Gasteiger partial charge is 0.483 e. The maximum Gasteiger partial charge on any atom is 0.175 e. The Morgan fingerprint density at radius 3 is 2.25 bits per heavy atom. The summed E-state index contributed by atoms with van der Waals surface area (Å²) in [5, 5.41) is 0. The number of carbonyl (C=O) groups is 1. The van der Waals surface area contributed by atoms with Gasteiger partial charge in [0.25, 0.3) is 0 Å². The van der Waals surface area contributed by atoms with Crippen LogP contribution in [0.5, 0.6) is 5.75 Å². The molecule has 0 bridgehead atoms. The minimum atomic E-state index is -3.18. The molecular formula is C11H14O4S. The third-order valence-electron chi connectivity index (χ3n) is 2.09. The van der Waals surface area contributed by atoms with Gasteiger partial charge in [-0.15, -0.1) is 0 Å². The van der Waals surface area contributed by atoms with Crippen molar-refractivity contribution < 1.29 is 17.9 Å². The second kappa shape index (κ2) is 5.12. The lowest BCUT2D eigenvalue weighted by molar-refractivity contribution is -0.113. The van der Waals surface area contributed by atoms with E-state index in [1.807, 2.05) is 6.92 Å². The van der Waals surface area contributed by atoms with Gasteiger partial charge in [-0.05, 0) is 30.7 Å². The molecule has 1 unspecified atom stereocenters. The van der Waals surface area contributed by atoms with Crippen LogP contribution in [0.3, 0.4) is 0 Å². The molecule has 5 heteroatoms. The molecule has 1 atom stereocenters. The van der Waals surface area contributed by atoms with E-state index in [0.29, 0.717) is 12.2 Å². The Bertz CT molecular complexity index is 447. The average molecular weight is 242 g/mol. The van der Waals surface area contributed by atoms with Crippen molar-refractivity contribution in [1.29, 1.82) is 0 Å². The number of ether oxygens (including phenoxy) is 1. The summed E-state index contributed by atoms with van der Waals surface area (Å²) in [5.41, 5.74) is 0. The molecule has 0 spiro atoms. The first-order chi connectivity index (χ1) is 7.47. The highest BCUT2D eigenvalue weighted by Crippen LogP contribution is 2.17. The normalized spacial score (nSPS) is 13.1. The quantitative estimate of drug-likeness (QED) is 0.733. The molecule has 1 aromatic carbocycles. The van der Waals surface area contributed by atoms with Crippen molar-refractivity contribution in [2.75, 3.05) is 6.26 Å².